The second-order valence-electron chi connectivity index (χ2n) is 4.81. The van der Waals surface area contributed by atoms with Crippen LogP contribution in [0.3, 0.4) is 0 Å². The molecule has 3 rings (SSSR count). The van der Waals surface area contributed by atoms with Crippen molar-refractivity contribution in [2.45, 2.75) is 49.3 Å². The van der Waals surface area contributed by atoms with Gasteiger partial charge in [0.2, 0.25) is 0 Å². The zero-order valence-corrected chi connectivity index (χ0v) is 11.8. The zero-order chi connectivity index (χ0) is 13.2. The maximum atomic E-state index is 5.97. The maximum Gasteiger partial charge on any atom is 0.197 e. The van der Waals surface area contributed by atoms with Gasteiger partial charge >= 0.3 is 0 Å². The average Bonchev–Trinajstić information content (AvgIpc) is 2.62. The number of nitrogens with zero attached hydrogens (tertiary/aromatic N) is 4. The van der Waals surface area contributed by atoms with Crippen LogP contribution in [0.2, 0.25) is 0 Å². The molecule has 0 saturated heterocycles. The van der Waals surface area contributed by atoms with Gasteiger partial charge in [0.25, 0.3) is 0 Å². The molecule has 0 aromatic carbocycles. The van der Waals surface area contributed by atoms with Crippen molar-refractivity contribution in [1.29, 1.82) is 0 Å². The molecule has 1 aliphatic heterocycles. The molecule has 0 fully saturated rings. The quantitative estimate of drug-likeness (QED) is 0.911. The lowest BCUT2D eigenvalue weighted by molar-refractivity contribution is 0.590. The molecule has 100 valence electrons. The van der Waals surface area contributed by atoms with Crippen molar-refractivity contribution < 1.29 is 0 Å². The van der Waals surface area contributed by atoms with Gasteiger partial charge in [0.15, 0.2) is 5.16 Å². The fourth-order valence-corrected chi connectivity index (χ4v) is 3.18. The van der Waals surface area contributed by atoms with Gasteiger partial charge in [0.1, 0.15) is 10.9 Å². The number of pyridine rings is 1. The fraction of sp³-hybridized carbons (Fsp3) is 0.462. The molecule has 3 heterocycles. The van der Waals surface area contributed by atoms with Crippen LogP contribution in [0.4, 0.5) is 5.69 Å². The van der Waals surface area contributed by atoms with E-state index in [0.29, 0.717) is 5.69 Å². The molecule has 19 heavy (non-hydrogen) atoms. The SMILES string of the molecule is Cc1ccc(N)c(Sc2nnc3n2CCCCC3)n1. The number of hydrogen-bond acceptors (Lipinski definition) is 5. The van der Waals surface area contributed by atoms with Gasteiger partial charge < -0.3 is 10.3 Å². The Morgan fingerprint density at radius 2 is 2.11 bits per heavy atom. The van der Waals surface area contributed by atoms with Crippen molar-refractivity contribution in [2.75, 3.05) is 5.73 Å². The van der Waals surface area contributed by atoms with Gasteiger partial charge in [-0.2, -0.15) is 0 Å². The van der Waals surface area contributed by atoms with Crippen LogP contribution < -0.4 is 5.73 Å². The average molecular weight is 275 g/mol. The van der Waals surface area contributed by atoms with Crippen LogP contribution in [-0.2, 0) is 13.0 Å². The van der Waals surface area contributed by atoms with Crippen LogP contribution >= 0.6 is 11.8 Å². The number of hydrogen-bond donors (Lipinski definition) is 1. The van der Waals surface area contributed by atoms with Gasteiger partial charge in [-0.3, -0.25) is 0 Å². The van der Waals surface area contributed by atoms with E-state index in [9.17, 15) is 0 Å². The highest BCUT2D eigenvalue weighted by molar-refractivity contribution is 7.99. The molecular weight excluding hydrogens is 258 g/mol. The van der Waals surface area contributed by atoms with Gasteiger partial charge in [0.05, 0.1) is 5.69 Å². The van der Waals surface area contributed by atoms with Gasteiger partial charge in [-0.25, -0.2) is 4.98 Å². The topological polar surface area (TPSA) is 69.6 Å². The fourth-order valence-electron chi connectivity index (χ4n) is 2.25. The second-order valence-corrected chi connectivity index (χ2v) is 5.77. The lowest BCUT2D eigenvalue weighted by Crippen LogP contribution is -2.03. The van der Waals surface area contributed by atoms with Gasteiger partial charge in [-0.15, -0.1) is 10.2 Å². The molecular formula is C13H17N5S. The minimum absolute atomic E-state index is 0.696. The van der Waals surface area contributed by atoms with Crippen LogP contribution in [0.25, 0.3) is 0 Å². The van der Waals surface area contributed by atoms with Crippen molar-refractivity contribution in [3.05, 3.63) is 23.7 Å². The first-order chi connectivity index (χ1) is 9.24. The Kier molecular flexibility index (Phi) is 3.42. The summed E-state index contributed by atoms with van der Waals surface area (Å²) in [5.74, 6) is 1.09. The predicted molar refractivity (Wildman–Crippen MR) is 75.1 cm³/mol. The van der Waals surface area contributed by atoms with E-state index in [1.807, 2.05) is 19.1 Å². The van der Waals surface area contributed by atoms with E-state index < -0.39 is 0 Å². The number of rotatable bonds is 2. The molecule has 0 unspecified atom stereocenters. The first kappa shape index (κ1) is 12.5. The van der Waals surface area contributed by atoms with Crippen LogP contribution in [0.5, 0.6) is 0 Å². The summed E-state index contributed by atoms with van der Waals surface area (Å²) in [6, 6.07) is 3.81. The summed E-state index contributed by atoms with van der Waals surface area (Å²) in [5.41, 5.74) is 7.63. The number of nitrogens with two attached hydrogens (primary N) is 1. The molecule has 5 nitrogen and oxygen atoms in total. The first-order valence-corrected chi connectivity index (χ1v) is 7.39. The minimum atomic E-state index is 0.696. The highest BCUT2D eigenvalue weighted by Gasteiger charge is 2.16. The van der Waals surface area contributed by atoms with E-state index in [1.165, 1.54) is 31.0 Å². The molecule has 0 atom stereocenters. The van der Waals surface area contributed by atoms with Gasteiger partial charge in [0, 0.05) is 18.7 Å². The van der Waals surface area contributed by atoms with Gasteiger partial charge in [-0.05, 0) is 43.7 Å². The van der Waals surface area contributed by atoms with Crippen LogP contribution in [-0.4, -0.2) is 19.7 Å². The van der Waals surface area contributed by atoms with Crippen molar-refractivity contribution in [1.82, 2.24) is 19.7 Å². The molecule has 2 aromatic heterocycles. The molecule has 0 spiro atoms. The smallest absolute Gasteiger partial charge is 0.197 e. The highest BCUT2D eigenvalue weighted by atomic mass is 32.2. The van der Waals surface area contributed by atoms with E-state index in [2.05, 4.69) is 19.7 Å². The lowest BCUT2D eigenvalue weighted by atomic mass is 10.2. The number of nitrogen functional groups attached to an aromatic ring is 1. The summed E-state index contributed by atoms with van der Waals surface area (Å²) < 4.78 is 2.21. The summed E-state index contributed by atoms with van der Waals surface area (Å²) in [7, 11) is 0. The largest absolute Gasteiger partial charge is 0.397 e. The number of aromatic nitrogens is 4. The van der Waals surface area contributed by atoms with Crippen LogP contribution in [0, 0.1) is 6.92 Å². The number of fused-ring (bicyclic) bond motifs is 1. The van der Waals surface area contributed by atoms with Gasteiger partial charge in [-0.1, -0.05) is 6.42 Å². The predicted octanol–water partition coefficient (Wildman–Crippen LogP) is 2.44. The number of anilines is 1. The van der Waals surface area contributed by atoms with E-state index >= 15 is 0 Å². The Labute approximate surface area is 116 Å². The zero-order valence-electron chi connectivity index (χ0n) is 11.0. The third-order valence-electron chi connectivity index (χ3n) is 3.29. The summed E-state index contributed by atoms with van der Waals surface area (Å²) in [4.78, 5) is 4.48. The Bertz CT molecular complexity index is 593. The molecule has 2 aromatic rings. The van der Waals surface area contributed by atoms with Crippen molar-refractivity contribution in [3.8, 4) is 0 Å². The van der Waals surface area contributed by atoms with Crippen molar-refractivity contribution in [3.63, 3.8) is 0 Å². The molecule has 2 N–H and O–H groups in total. The number of aryl methyl sites for hydroxylation is 2. The normalized spacial score (nSPS) is 15.0. The van der Waals surface area contributed by atoms with Crippen LogP contribution in [0.1, 0.15) is 30.8 Å². The monoisotopic (exact) mass is 275 g/mol. The lowest BCUT2D eigenvalue weighted by Gasteiger charge is -2.07. The third kappa shape index (κ3) is 2.58. The van der Waals surface area contributed by atoms with Crippen molar-refractivity contribution >= 4 is 17.4 Å². The van der Waals surface area contributed by atoms with Crippen molar-refractivity contribution in [2.24, 2.45) is 0 Å². The Morgan fingerprint density at radius 3 is 3.00 bits per heavy atom. The minimum Gasteiger partial charge on any atom is -0.397 e. The molecule has 0 amide bonds. The summed E-state index contributed by atoms with van der Waals surface area (Å²) in [5, 5.41) is 10.3. The Hall–Kier alpha value is -1.56. The molecule has 0 bridgehead atoms. The Balaban J connectivity index is 1.91. The Morgan fingerprint density at radius 1 is 1.21 bits per heavy atom. The van der Waals surface area contributed by atoms with Crippen LogP contribution in [0.15, 0.2) is 22.3 Å². The summed E-state index contributed by atoms with van der Waals surface area (Å²) >= 11 is 1.51. The molecule has 6 heteroatoms. The molecule has 0 aliphatic carbocycles. The summed E-state index contributed by atoms with van der Waals surface area (Å²) in [6.45, 7) is 2.96. The first-order valence-electron chi connectivity index (χ1n) is 6.57. The van der Waals surface area contributed by atoms with E-state index in [4.69, 9.17) is 5.73 Å². The molecule has 1 aliphatic rings. The van der Waals surface area contributed by atoms with E-state index in [-0.39, 0.29) is 0 Å². The third-order valence-corrected chi connectivity index (χ3v) is 4.30. The maximum absolute atomic E-state index is 5.97. The standard InChI is InChI=1S/C13H17N5S/c1-9-6-7-10(14)12(15-9)19-13-17-16-11-5-3-2-4-8-18(11)13/h6-7H,2-5,8,14H2,1H3. The van der Waals surface area contributed by atoms with E-state index in [1.54, 1.807) is 0 Å². The molecule has 0 saturated carbocycles. The highest BCUT2D eigenvalue weighted by Crippen LogP contribution is 2.30. The summed E-state index contributed by atoms with van der Waals surface area (Å²) in [6.07, 6.45) is 4.67. The molecule has 0 radical (unpaired) electrons. The van der Waals surface area contributed by atoms with E-state index in [0.717, 1.165) is 34.7 Å². The second kappa shape index (κ2) is 5.21.